The minimum Gasteiger partial charge on any atom is -0.444 e. The van der Waals surface area contributed by atoms with Crippen LogP contribution < -0.4 is 5.32 Å². The maximum Gasteiger partial charge on any atom is 0.410 e. The largest absolute Gasteiger partial charge is 0.444 e. The summed E-state index contributed by atoms with van der Waals surface area (Å²) in [7, 11) is 3.44. The Labute approximate surface area is 131 Å². The first kappa shape index (κ1) is 18.4. The van der Waals surface area contributed by atoms with Gasteiger partial charge in [0.15, 0.2) is 0 Å². The number of hydrogen-bond acceptors (Lipinski definition) is 6. The zero-order valence-electron chi connectivity index (χ0n) is 14.1. The van der Waals surface area contributed by atoms with Gasteiger partial charge in [0, 0.05) is 46.5 Å². The molecule has 0 aliphatic carbocycles. The molecule has 0 spiro atoms. The number of aromatic nitrogens is 3. The Balaban J connectivity index is 2.38. The van der Waals surface area contributed by atoms with Crippen molar-refractivity contribution in [3.63, 3.8) is 0 Å². The first-order valence-electron chi connectivity index (χ1n) is 7.34. The highest BCUT2D eigenvalue weighted by Crippen LogP contribution is 2.09. The Kier molecular flexibility index (Phi) is 7.26. The molecule has 1 aromatic rings. The third-order valence-electron chi connectivity index (χ3n) is 2.73. The predicted molar refractivity (Wildman–Crippen MR) is 82.4 cm³/mol. The lowest BCUT2D eigenvalue weighted by atomic mass is 10.2. The summed E-state index contributed by atoms with van der Waals surface area (Å²) in [6.07, 6.45) is 1.52. The van der Waals surface area contributed by atoms with Crippen molar-refractivity contribution in [3.8, 4) is 0 Å². The van der Waals surface area contributed by atoms with Crippen LogP contribution in [0, 0.1) is 0 Å². The van der Waals surface area contributed by atoms with Crippen LogP contribution in [0.2, 0.25) is 0 Å². The lowest BCUT2D eigenvalue weighted by Crippen LogP contribution is -2.42. The van der Waals surface area contributed by atoms with Gasteiger partial charge in [0.25, 0.3) is 0 Å². The highest BCUT2D eigenvalue weighted by Gasteiger charge is 2.21. The van der Waals surface area contributed by atoms with Crippen molar-refractivity contribution in [1.82, 2.24) is 25.2 Å². The Morgan fingerprint density at radius 1 is 1.41 bits per heavy atom. The van der Waals surface area contributed by atoms with Crippen LogP contribution in [0.4, 0.5) is 4.79 Å². The number of aryl methyl sites for hydroxylation is 1. The molecule has 0 aromatic carbocycles. The van der Waals surface area contributed by atoms with E-state index in [0.29, 0.717) is 32.8 Å². The van der Waals surface area contributed by atoms with E-state index in [0.717, 1.165) is 5.69 Å². The number of carbonyl (C=O) groups excluding carboxylic acids is 1. The second-order valence-corrected chi connectivity index (χ2v) is 6.02. The molecule has 0 unspecified atom stereocenters. The van der Waals surface area contributed by atoms with E-state index in [1.54, 1.807) is 16.7 Å². The first-order valence-corrected chi connectivity index (χ1v) is 7.34. The van der Waals surface area contributed by atoms with Gasteiger partial charge in [0.2, 0.25) is 0 Å². The van der Waals surface area contributed by atoms with Gasteiger partial charge < -0.3 is 19.7 Å². The molecule has 0 aliphatic rings. The number of ether oxygens (including phenoxy) is 2. The molecule has 1 rings (SSSR count). The van der Waals surface area contributed by atoms with E-state index in [4.69, 9.17) is 9.47 Å². The van der Waals surface area contributed by atoms with Gasteiger partial charge in [-0.1, -0.05) is 5.21 Å². The molecule has 0 fully saturated rings. The van der Waals surface area contributed by atoms with Gasteiger partial charge in [-0.25, -0.2) is 4.79 Å². The molecule has 0 bridgehead atoms. The van der Waals surface area contributed by atoms with Crippen molar-refractivity contribution in [3.05, 3.63) is 11.9 Å². The van der Waals surface area contributed by atoms with Crippen molar-refractivity contribution >= 4 is 6.09 Å². The SMILES string of the molecule is COCCN(CCNCc1cn(C)nn1)C(=O)OC(C)(C)C. The number of carbonyl (C=O) groups is 1. The van der Waals surface area contributed by atoms with Gasteiger partial charge in [0.1, 0.15) is 5.60 Å². The molecule has 1 aromatic heterocycles. The van der Waals surface area contributed by atoms with E-state index in [-0.39, 0.29) is 6.09 Å². The first-order chi connectivity index (χ1) is 10.3. The molecule has 126 valence electrons. The third-order valence-corrected chi connectivity index (χ3v) is 2.73. The smallest absolute Gasteiger partial charge is 0.410 e. The number of amides is 1. The lowest BCUT2D eigenvalue weighted by molar-refractivity contribution is 0.0204. The highest BCUT2D eigenvalue weighted by atomic mass is 16.6. The number of rotatable bonds is 8. The zero-order valence-corrected chi connectivity index (χ0v) is 14.1. The van der Waals surface area contributed by atoms with Crippen LogP contribution in [-0.4, -0.2) is 64.9 Å². The normalized spacial score (nSPS) is 11.5. The summed E-state index contributed by atoms with van der Waals surface area (Å²) in [5.41, 5.74) is 0.360. The molecule has 1 heterocycles. The van der Waals surface area contributed by atoms with E-state index >= 15 is 0 Å². The van der Waals surface area contributed by atoms with Crippen molar-refractivity contribution in [2.45, 2.75) is 32.9 Å². The maximum atomic E-state index is 12.1. The summed E-state index contributed by atoms with van der Waals surface area (Å²) in [4.78, 5) is 13.8. The summed E-state index contributed by atoms with van der Waals surface area (Å²) in [6.45, 7) is 8.32. The van der Waals surface area contributed by atoms with Crippen LogP contribution in [0.3, 0.4) is 0 Å². The summed E-state index contributed by atoms with van der Waals surface area (Å²) in [6, 6.07) is 0. The zero-order chi connectivity index (χ0) is 16.6. The quantitative estimate of drug-likeness (QED) is 0.715. The van der Waals surface area contributed by atoms with Gasteiger partial charge in [-0.05, 0) is 20.8 Å². The van der Waals surface area contributed by atoms with Gasteiger partial charge >= 0.3 is 6.09 Å². The second-order valence-electron chi connectivity index (χ2n) is 6.02. The van der Waals surface area contributed by atoms with E-state index in [9.17, 15) is 4.79 Å². The van der Waals surface area contributed by atoms with E-state index < -0.39 is 5.60 Å². The minimum absolute atomic E-state index is 0.328. The fourth-order valence-corrected chi connectivity index (χ4v) is 1.73. The molecule has 0 saturated carbocycles. The fourth-order valence-electron chi connectivity index (χ4n) is 1.73. The van der Waals surface area contributed by atoms with Gasteiger partial charge in [-0.15, -0.1) is 5.10 Å². The minimum atomic E-state index is -0.505. The highest BCUT2D eigenvalue weighted by molar-refractivity contribution is 5.68. The standard InChI is InChI=1S/C14H27N5O3/c1-14(2,3)22-13(20)19(8-9-21-5)7-6-15-10-12-11-18(4)17-16-12/h11,15H,6-10H2,1-5H3. The fraction of sp³-hybridized carbons (Fsp3) is 0.786. The summed E-state index contributed by atoms with van der Waals surface area (Å²) >= 11 is 0. The molecular weight excluding hydrogens is 286 g/mol. The van der Waals surface area contributed by atoms with E-state index in [1.165, 1.54) is 0 Å². The Hall–Kier alpha value is -1.67. The molecule has 22 heavy (non-hydrogen) atoms. The Morgan fingerprint density at radius 2 is 2.14 bits per heavy atom. The van der Waals surface area contributed by atoms with E-state index in [2.05, 4.69) is 15.6 Å². The summed E-state index contributed by atoms with van der Waals surface area (Å²) in [5.74, 6) is 0. The van der Waals surface area contributed by atoms with Crippen molar-refractivity contribution in [1.29, 1.82) is 0 Å². The number of hydrogen-bond donors (Lipinski definition) is 1. The molecule has 0 atom stereocenters. The number of nitrogens with zero attached hydrogens (tertiary/aromatic N) is 4. The van der Waals surface area contributed by atoms with Crippen molar-refractivity contribution < 1.29 is 14.3 Å². The molecule has 0 aliphatic heterocycles. The van der Waals surface area contributed by atoms with Crippen LogP contribution >= 0.6 is 0 Å². The van der Waals surface area contributed by atoms with Crippen molar-refractivity contribution in [2.75, 3.05) is 33.4 Å². The molecule has 1 N–H and O–H groups in total. The predicted octanol–water partition coefficient (Wildman–Crippen LogP) is 0.788. The molecule has 0 radical (unpaired) electrons. The molecule has 8 nitrogen and oxygen atoms in total. The number of nitrogens with one attached hydrogen (secondary N) is 1. The van der Waals surface area contributed by atoms with Crippen LogP contribution in [-0.2, 0) is 23.1 Å². The van der Waals surface area contributed by atoms with Crippen LogP contribution in [0.25, 0.3) is 0 Å². The Bertz CT molecular complexity index is 456. The summed E-state index contributed by atoms with van der Waals surface area (Å²) < 4.78 is 12.1. The molecular formula is C14H27N5O3. The van der Waals surface area contributed by atoms with Crippen molar-refractivity contribution in [2.24, 2.45) is 7.05 Å². The average Bonchev–Trinajstić information content (AvgIpc) is 2.81. The maximum absolute atomic E-state index is 12.1. The second kappa shape index (κ2) is 8.70. The third kappa shape index (κ3) is 7.37. The van der Waals surface area contributed by atoms with Crippen LogP contribution in [0.15, 0.2) is 6.20 Å². The van der Waals surface area contributed by atoms with E-state index in [1.807, 2.05) is 34.0 Å². The van der Waals surface area contributed by atoms with Gasteiger partial charge in [-0.2, -0.15) is 0 Å². The monoisotopic (exact) mass is 313 g/mol. The Morgan fingerprint density at radius 3 is 2.68 bits per heavy atom. The average molecular weight is 313 g/mol. The number of methoxy groups -OCH3 is 1. The van der Waals surface area contributed by atoms with Gasteiger partial charge in [-0.3, -0.25) is 4.68 Å². The van der Waals surface area contributed by atoms with Crippen LogP contribution in [0.5, 0.6) is 0 Å². The molecule has 0 saturated heterocycles. The summed E-state index contributed by atoms with van der Waals surface area (Å²) in [5, 5.41) is 11.1. The molecule has 8 heteroatoms. The van der Waals surface area contributed by atoms with Gasteiger partial charge in [0.05, 0.1) is 12.3 Å². The van der Waals surface area contributed by atoms with Crippen LogP contribution in [0.1, 0.15) is 26.5 Å². The topological polar surface area (TPSA) is 81.5 Å². The molecule has 1 amide bonds. The lowest BCUT2D eigenvalue weighted by Gasteiger charge is -2.27.